The molecule has 0 atom stereocenters. The van der Waals surface area contributed by atoms with Gasteiger partial charge in [-0.3, -0.25) is 0 Å². The fourth-order valence-corrected chi connectivity index (χ4v) is 6.91. The number of hydrogen-bond donors (Lipinski definition) is 0. The Bertz CT molecular complexity index is 2270. The molecule has 0 radical (unpaired) electrons. The maximum absolute atomic E-state index is 5.33. The van der Waals surface area contributed by atoms with Gasteiger partial charge in [0.1, 0.15) is 0 Å². The van der Waals surface area contributed by atoms with Gasteiger partial charge in [0, 0.05) is 11.3 Å². The number of nitrogens with zero attached hydrogens (tertiary/aromatic N) is 2. The van der Waals surface area contributed by atoms with E-state index < -0.39 is 0 Å². The molecule has 0 unspecified atom stereocenters. The van der Waals surface area contributed by atoms with Gasteiger partial charge in [-0.05, 0) is 38.3 Å². The van der Waals surface area contributed by atoms with Crippen molar-refractivity contribution < 1.29 is 22.4 Å². The van der Waals surface area contributed by atoms with Crippen molar-refractivity contribution in [2.45, 2.75) is 52.4 Å². The fourth-order valence-electron chi connectivity index (χ4n) is 6.91. The first kappa shape index (κ1) is 33.1. The normalized spacial score (nSPS) is 12.8. The molecule has 0 saturated heterocycles. The molecule has 3 heterocycles. The second kappa shape index (κ2) is 12.5. The first-order valence-corrected chi connectivity index (χ1v) is 16.9. The van der Waals surface area contributed by atoms with Crippen molar-refractivity contribution in [3.05, 3.63) is 144 Å². The summed E-state index contributed by atoms with van der Waals surface area (Å²) in [6.07, 6.45) is 2.22. The van der Waals surface area contributed by atoms with E-state index in [1.54, 1.807) is 0 Å². The first-order chi connectivity index (χ1) is 23.0. The predicted octanol–water partition coefficient (Wildman–Crippen LogP) is 9.71. The van der Waals surface area contributed by atoms with Gasteiger partial charge < -0.3 is 9.97 Å². The van der Waals surface area contributed by atoms with Crippen LogP contribution in [-0.2, 0) is 33.2 Å². The van der Waals surface area contributed by atoms with Crippen LogP contribution >= 0.6 is 0 Å². The van der Waals surface area contributed by atoms with E-state index in [0.29, 0.717) is 0 Å². The molecule has 0 bridgehead atoms. The van der Waals surface area contributed by atoms with Crippen LogP contribution in [0, 0.1) is 12.1 Å². The molecular formula is C45H38AuBN2. The van der Waals surface area contributed by atoms with Crippen molar-refractivity contribution in [2.24, 2.45) is 0 Å². The Balaban J connectivity index is 0.00000378. The molecule has 0 fully saturated rings. The van der Waals surface area contributed by atoms with Gasteiger partial charge in [-0.25, -0.2) is 5.56 Å². The van der Waals surface area contributed by atoms with Gasteiger partial charge in [-0.1, -0.05) is 138 Å². The van der Waals surface area contributed by atoms with Crippen LogP contribution in [0.2, 0.25) is 0 Å². The third-order valence-corrected chi connectivity index (χ3v) is 9.74. The molecular weight excluding hydrogens is 776 g/mol. The second-order valence-corrected chi connectivity index (χ2v) is 15.1. The van der Waals surface area contributed by atoms with Crippen LogP contribution in [0.1, 0.15) is 58.2 Å². The van der Waals surface area contributed by atoms with Gasteiger partial charge in [0.15, 0.2) is 0 Å². The van der Waals surface area contributed by atoms with Gasteiger partial charge in [0.05, 0.1) is 0 Å². The van der Waals surface area contributed by atoms with E-state index >= 15 is 0 Å². The number of aromatic nitrogens is 2. The van der Waals surface area contributed by atoms with E-state index in [1.807, 2.05) is 0 Å². The Morgan fingerprint density at radius 2 is 1.39 bits per heavy atom. The second-order valence-electron chi connectivity index (χ2n) is 15.1. The van der Waals surface area contributed by atoms with Gasteiger partial charge in [-0.2, -0.15) is 35.9 Å². The smallest absolute Gasteiger partial charge is 0.657 e. The Morgan fingerprint density at radius 3 is 2.12 bits per heavy atom. The predicted molar refractivity (Wildman–Crippen MR) is 204 cm³/mol. The summed E-state index contributed by atoms with van der Waals surface area (Å²) >= 11 is 0. The Hall–Kier alpha value is -4.40. The van der Waals surface area contributed by atoms with Crippen molar-refractivity contribution in [1.82, 2.24) is 9.97 Å². The van der Waals surface area contributed by atoms with Crippen molar-refractivity contribution in [2.75, 3.05) is 0 Å². The van der Waals surface area contributed by atoms with Gasteiger partial charge in [0.25, 0.3) is 6.71 Å². The zero-order chi connectivity index (χ0) is 33.2. The Labute approximate surface area is 306 Å². The van der Waals surface area contributed by atoms with E-state index in [4.69, 9.17) is 9.97 Å². The third-order valence-electron chi connectivity index (χ3n) is 9.74. The summed E-state index contributed by atoms with van der Waals surface area (Å²) in [7, 11) is 0. The molecule has 2 nitrogen and oxygen atoms in total. The van der Waals surface area contributed by atoms with E-state index in [1.165, 1.54) is 38.5 Å². The van der Waals surface area contributed by atoms with Crippen LogP contribution in [0.25, 0.3) is 61.4 Å². The molecule has 0 spiro atoms. The molecule has 0 aliphatic carbocycles. The monoisotopic (exact) mass is 814 g/mol. The zero-order valence-electron chi connectivity index (χ0n) is 28.8. The minimum Gasteiger partial charge on any atom is -0.657 e. The van der Waals surface area contributed by atoms with Crippen molar-refractivity contribution in [3.8, 4) is 33.5 Å². The van der Waals surface area contributed by atoms with Crippen LogP contribution in [0.15, 0.2) is 115 Å². The first-order valence-electron chi connectivity index (χ1n) is 16.9. The summed E-state index contributed by atoms with van der Waals surface area (Å²) in [5, 5.41) is 2.40. The van der Waals surface area contributed by atoms with E-state index in [-0.39, 0.29) is 39.9 Å². The third kappa shape index (κ3) is 6.17. The summed E-state index contributed by atoms with van der Waals surface area (Å²) in [4.78, 5) is 10.4. The molecule has 0 N–H and O–H groups in total. The topological polar surface area (TPSA) is 27.0 Å². The molecule has 242 valence electrons. The van der Waals surface area contributed by atoms with Gasteiger partial charge >= 0.3 is 22.4 Å². The summed E-state index contributed by atoms with van der Waals surface area (Å²) < 4.78 is 0. The van der Waals surface area contributed by atoms with Gasteiger partial charge in [0.2, 0.25) is 0 Å². The molecule has 7 aromatic rings. The van der Waals surface area contributed by atoms with Crippen molar-refractivity contribution in [1.29, 1.82) is 0 Å². The number of rotatable bonds is 4. The number of hydrogen-bond acceptors (Lipinski definition) is 1. The van der Waals surface area contributed by atoms with E-state index in [2.05, 4.69) is 175 Å². The van der Waals surface area contributed by atoms with Gasteiger partial charge in [-0.15, -0.1) is 40.3 Å². The summed E-state index contributed by atoms with van der Waals surface area (Å²) in [6, 6.07) is 46.5. The molecule has 1 aliphatic rings. The zero-order valence-corrected chi connectivity index (χ0v) is 31.0. The molecule has 49 heavy (non-hydrogen) atoms. The quantitative estimate of drug-likeness (QED) is 0.131. The van der Waals surface area contributed by atoms with Crippen LogP contribution in [-0.4, -0.2) is 11.7 Å². The summed E-state index contributed by atoms with van der Waals surface area (Å²) in [5.41, 5.74) is 14.5. The molecule has 0 saturated carbocycles. The van der Waals surface area contributed by atoms with E-state index in [9.17, 15) is 0 Å². The maximum atomic E-state index is 5.33. The molecule has 5 aromatic carbocycles. The molecule has 2 aromatic heterocycles. The molecule has 1 aliphatic heterocycles. The SMILES string of the molecule is CC(C)(C)c1c[c-]c(-c2[c-]c(-c3cccc(B4C=Cc5ccc6c([n-]c7ccccc76)c54)n3)cc(-c3ccc(C(C)(C)C)cc3)c2)cc1.[Au+3]. The van der Waals surface area contributed by atoms with E-state index in [0.717, 1.165) is 44.6 Å². The van der Waals surface area contributed by atoms with Crippen LogP contribution in [0.4, 0.5) is 0 Å². The molecule has 8 rings (SSSR count). The van der Waals surface area contributed by atoms with Crippen LogP contribution in [0.5, 0.6) is 0 Å². The summed E-state index contributed by atoms with van der Waals surface area (Å²) in [6.45, 7) is 13.5. The summed E-state index contributed by atoms with van der Waals surface area (Å²) in [5.74, 6) is 2.27. The van der Waals surface area contributed by atoms with Crippen LogP contribution in [0.3, 0.4) is 0 Å². The Morgan fingerprint density at radius 1 is 0.653 bits per heavy atom. The molecule has 4 heteroatoms. The van der Waals surface area contributed by atoms with Crippen molar-refractivity contribution >= 4 is 45.7 Å². The number of para-hydroxylation sites is 1. The minimum atomic E-state index is 0. The Kier molecular flexibility index (Phi) is 8.44. The maximum Gasteiger partial charge on any atom is 3.00 e. The fraction of sp³-hybridized carbons (Fsp3) is 0.178. The number of pyridine rings is 1. The van der Waals surface area contributed by atoms with Crippen LogP contribution < -0.4 is 16.0 Å². The molecule has 0 amide bonds. The average molecular weight is 815 g/mol. The average Bonchev–Trinajstić information content (AvgIpc) is 3.69. The minimum absolute atomic E-state index is 0. The largest absolute Gasteiger partial charge is 3.00 e. The number of fused-ring (bicyclic) bond motifs is 5. The number of benzene rings is 5. The standard InChI is InChI=1S/C45H38BN2.Au/c1-44(2,3)35-19-14-29(15-20-35)32-26-33(30-16-21-36(22-17-30)45(4,5)6)28-34(27-32)39-12-9-13-41(47-39)46-25-24-31-18-23-38-37-10-7-8-11-40(37)48-43(38)42(31)46;/h7-16,18-27H,1-6H3;/q-3;+3. The van der Waals surface area contributed by atoms with Crippen molar-refractivity contribution in [3.63, 3.8) is 0 Å².